The van der Waals surface area contributed by atoms with Gasteiger partial charge in [0.2, 0.25) is 0 Å². The van der Waals surface area contributed by atoms with E-state index < -0.39 is 0 Å². The van der Waals surface area contributed by atoms with Crippen molar-refractivity contribution >= 4 is 14.8 Å². The second-order valence-corrected chi connectivity index (χ2v) is 2.68. The molecule has 0 aliphatic rings. The van der Waals surface area contributed by atoms with Crippen LogP contribution in [0.2, 0.25) is 0 Å². The zero-order valence-corrected chi connectivity index (χ0v) is 6.57. The molecule has 0 fully saturated rings. The average molecular weight is 145 g/mol. The molecule has 3 heteroatoms. The first-order valence-corrected chi connectivity index (χ1v) is 3.72. The third-order valence-electron chi connectivity index (χ3n) is 0.625. The van der Waals surface area contributed by atoms with E-state index >= 15 is 0 Å². The third-order valence-corrected chi connectivity index (χ3v) is 1.18. The molecule has 0 saturated carbocycles. The highest BCUT2D eigenvalue weighted by molar-refractivity contribution is 7.32. The fraction of sp³-hybridized carbons (Fsp3) is 0.500. The van der Waals surface area contributed by atoms with Gasteiger partial charge in [0, 0.05) is 11.7 Å². The highest BCUT2D eigenvalue weighted by atomic mass is 31.1. The Morgan fingerprint density at radius 1 is 1.78 bits per heavy atom. The fourth-order valence-corrected chi connectivity index (χ4v) is 0.603. The van der Waals surface area contributed by atoms with Gasteiger partial charge >= 0.3 is 5.97 Å². The Morgan fingerprint density at radius 3 is 2.67 bits per heavy atom. The molecule has 0 N–H and O–H groups in total. The molecule has 0 saturated heterocycles. The quantitative estimate of drug-likeness (QED) is 0.448. The van der Waals surface area contributed by atoms with Crippen LogP contribution in [-0.2, 0) is 9.32 Å². The lowest BCUT2D eigenvalue weighted by molar-refractivity contribution is -0.129. The summed E-state index contributed by atoms with van der Waals surface area (Å²) in [5, 5.41) is 0. The maximum atomic E-state index is 10.6. The van der Waals surface area contributed by atoms with Gasteiger partial charge in [-0.1, -0.05) is 13.5 Å². The summed E-state index contributed by atoms with van der Waals surface area (Å²) in [6, 6.07) is 0. The number of carbonyl (C=O) groups excluding carboxylic acids is 1. The van der Waals surface area contributed by atoms with Crippen LogP contribution in [0.1, 0.15) is 13.8 Å². The lowest BCUT2D eigenvalue weighted by Gasteiger charge is -1.97. The minimum atomic E-state index is -0.307. The Labute approximate surface area is 57.2 Å². The second kappa shape index (κ2) is 4.51. The third kappa shape index (κ3) is 4.16. The summed E-state index contributed by atoms with van der Waals surface area (Å²) in [5.41, 5.74) is 0.455. The summed E-state index contributed by atoms with van der Waals surface area (Å²) in [5.74, 6) is -0.307. The molecule has 0 rings (SSSR count). The molecule has 0 spiro atoms. The van der Waals surface area contributed by atoms with Gasteiger partial charge in [0.25, 0.3) is 0 Å². The molecule has 0 heterocycles. The molecule has 2 nitrogen and oxygen atoms in total. The molecule has 0 aromatic carbocycles. The van der Waals surface area contributed by atoms with E-state index in [0.29, 0.717) is 14.4 Å². The Balaban J connectivity index is 3.39. The predicted molar refractivity (Wildman–Crippen MR) is 38.4 cm³/mol. The molecular formula is C6H10O2P. The Kier molecular flexibility index (Phi) is 4.33. The molecule has 1 radical (unpaired) electrons. The Hall–Kier alpha value is -0.360. The molecule has 0 unspecified atom stereocenters. The first-order valence-electron chi connectivity index (χ1n) is 2.72. The van der Waals surface area contributed by atoms with Crippen LogP contribution in [-0.4, -0.2) is 12.1 Å². The molecule has 9 heavy (non-hydrogen) atoms. The van der Waals surface area contributed by atoms with Crippen molar-refractivity contribution < 1.29 is 9.32 Å². The number of carbonyl (C=O) groups is 1. The van der Waals surface area contributed by atoms with Crippen molar-refractivity contribution in [2.75, 3.05) is 6.16 Å². The first kappa shape index (κ1) is 8.64. The monoisotopic (exact) mass is 145 g/mol. The minimum absolute atomic E-state index is 0.307. The van der Waals surface area contributed by atoms with Crippen LogP contribution in [0, 0.1) is 0 Å². The summed E-state index contributed by atoms with van der Waals surface area (Å²) in [4.78, 5) is 10.6. The maximum absolute atomic E-state index is 10.6. The van der Waals surface area contributed by atoms with E-state index in [1.54, 1.807) is 6.92 Å². The highest BCUT2D eigenvalue weighted by Crippen LogP contribution is 2.12. The van der Waals surface area contributed by atoms with Gasteiger partial charge in [-0.3, -0.25) is 0 Å². The molecule has 0 bridgehead atoms. The SMILES string of the molecule is C=C(C)C(=O)O[P]CC. The summed E-state index contributed by atoms with van der Waals surface area (Å²) in [6.07, 6.45) is 0.832. The summed E-state index contributed by atoms with van der Waals surface area (Å²) in [7, 11) is 0.706. The van der Waals surface area contributed by atoms with Gasteiger partial charge in [0.15, 0.2) is 8.81 Å². The van der Waals surface area contributed by atoms with Gasteiger partial charge in [-0.25, -0.2) is 4.79 Å². The molecule has 51 valence electrons. The molecule has 0 aromatic heterocycles. The van der Waals surface area contributed by atoms with E-state index in [9.17, 15) is 4.79 Å². The van der Waals surface area contributed by atoms with Crippen LogP contribution in [0.4, 0.5) is 0 Å². The Bertz CT molecular complexity index is 120. The Morgan fingerprint density at radius 2 is 2.33 bits per heavy atom. The van der Waals surface area contributed by atoms with Crippen molar-refractivity contribution in [3.63, 3.8) is 0 Å². The maximum Gasteiger partial charge on any atom is 0.336 e. The lowest BCUT2D eigenvalue weighted by atomic mass is 10.4. The summed E-state index contributed by atoms with van der Waals surface area (Å²) >= 11 is 0. The first-order chi connectivity index (χ1) is 4.18. The average Bonchev–Trinajstić information content (AvgIpc) is 1.82. The predicted octanol–water partition coefficient (Wildman–Crippen LogP) is 1.99. The van der Waals surface area contributed by atoms with Gasteiger partial charge in [-0.05, 0) is 6.92 Å². The molecule has 0 atom stereocenters. The van der Waals surface area contributed by atoms with Gasteiger partial charge in [0.1, 0.15) is 0 Å². The molecular weight excluding hydrogens is 135 g/mol. The van der Waals surface area contributed by atoms with E-state index in [2.05, 4.69) is 11.1 Å². The standard InChI is InChI=1S/C6H10O2P/c1-4-9-8-6(7)5(2)3/h2,4H2,1,3H3. The van der Waals surface area contributed by atoms with Crippen molar-refractivity contribution in [1.82, 2.24) is 0 Å². The normalized spacial score (nSPS) is 10.0. The van der Waals surface area contributed by atoms with E-state index in [1.807, 2.05) is 6.92 Å². The van der Waals surface area contributed by atoms with Gasteiger partial charge < -0.3 is 4.52 Å². The molecule has 0 amide bonds. The topological polar surface area (TPSA) is 26.3 Å². The van der Waals surface area contributed by atoms with E-state index in [1.165, 1.54) is 0 Å². The van der Waals surface area contributed by atoms with Crippen LogP contribution < -0.4 is 0 Å². The second-order valence-electron chi connectivity index (χ2n) is 1.60. The van der Waals surface area contributed by atoms with Crippen molar-refractivity contribution in [3.8, 4) is 0 Å². The molecule has 0 aliphatic heterocycles. The van der Waals surface area contributed by atoms with Gasteiger partial charge in [-0.15, -0.1) is 0 Å². The van der Waals surface area contributed by atoms with Crippen LogP contribution in [0.5, 0.6) is 0 Å². The van der Waals surface area contributed by atoms with E-state index in [-0.39, 0.29) is 5.97 Å². The number of rotatable bonds is 3. The largest absolute Gasteiger partial charge is 0.433 e. The van der Waals surface area contributed by atoms with Crippen molar-refractivity contribution in [2.45, 2.75) is 13.8 Å². The van der Waals surface area contributed by atoms with Gasteiger partial charge in [0.05, 0.1) is 0 Å². The number of hydrogen-bond acceptors (Lipinski definition) is 2. The molecule has 0 aromatic rings. The lowest BCUT2D eigenvalue weighted by Crippen LogP contribution is -1.97. The van der Waals surface area contributed by atoms with Crippen molar-refractivity contribution in [3.05, 3.63) is 12.2 Å². The van der Waals surface area contributed by atoms with E-state index in [4.69, 9.17) is 0 Å². The van der Waals surface area contributed by atoms with Crippen LogP contribution in [0.25, 0.3) is 0 Å². The van der Waals surface area contributed by atoms with Crippen LogP contribution >= 0.6 is 8.81 Å². The highest BCUT2D eigenvalue weighted by Gasteiger charge is 2.00. The van der Waals surface area contributed by atoms with Crippen LogP contribution in [0.3, 0.4) is 0 Å². The molecule has 0 aliphatic carbocycles. The van der Waals surface area contributed by atoms with E-state index in [0.717, 1.165) is 6.16 Å². The number of hydrogen-bond donors (Lipinski definition) is 0. The zero-order valence-electron chi connectivity index (χ0n) is 5.68. The fourth-order valence-electron chi connectivity index (χ4n) is 0.201. The minimum Gasteiger partial charge on any atom is -0.433 e. The zero-order chi connectivity index (χ0) is 7.28. The summed E-state index contributed by atoms with van der Waals surface area (Å²) < 4.78 is 4.69. The summed E-state index contributed by atoms with van der Waals surface area (Å²) in [6.45, 7) is 7.00. The van der Waals surface area contributed by atoms with Crippen molar-refractivity contribution in [2.24, 2.45) is 0 Å². The van der Waals surface area contributed by atoms with Gasteiger partial charge in [-0.2, -0.15) is 0 Å². The smallest absolute Gasteiger partial charge is 0.336 e. The van der Waals surface area contributed by atoms with Crippen molar-refractivity contribution in [1.29, 1.82) is 0 Å². The van der Waals surface area contributed by atoms with Crippen LogP contribution in [0.15, 0.2) is 12.2 Å².